The number of nitrogens with zero attached hydrogens (tertiary/aromatic N) is 2. The topological polar surface area (TPSA) is 86.8 Å². The van der Waals surface area contributed by atoms with Crippen LogP contribution in [0, 0.1) is 20.8 Å². The number of rotatable bonds is 13. The predicted octanol–water partition coefficient (Wildman–Crippen LogP) is 6.36. The van der Waals surface area contributed by atoms with E-state index in [-0.39, 0.29) is 29.8 Å². The van der Waals surface area contributed by atoms with Crippen molar-refractivity contribution in [3.8, 4) is 0 Å². The lowest BCUT2D eigenvalue weighted by atomic mass is 10.0. The predicted molar refractivity (Wildman–Crippen MR) is 180 cm³/mol. The third kappa shape index (κ3) is 8.60. The highest BCUT2D eigenvalue weighted by atomic mass is 32.2. The third-order valence-electron chi connectivity index (χ3n) is 8.05. The number of sulfonamides is 1. The van der Waals surface area contributed by atoms with Gasteiger partial charge in [0.25, 0.3) is 10.0 Å². The Morgan fingerprint density at radius 1 is 0.800 bits per heavy atom. The number of carbonyl (C=O) groups is 2. The summed E-state index contributed by atoms with van der Waals surface area (Å²) in [5, 5.41) is 3.07. The van der Waals surface area contributed by atoms with Crippen LogP contribution in [0.2, 0.25) is 0 Å². The molecule has 0 unspecified atom stereocenters. The van der Waals surface area contributed by atoms with Crippen molar-refractivity contribution >= 4 is 27.5 Å². The van der Waals surface area contributed by atoms with Crippen LogP contribution in [0.3, 0.4) is 0 Å². The van der Waals surface area contributed by atoms with Crippen LogP contribution in [-0.4, -0.2) is 43.8 Å². The van der Waals surface area contributed by atoms with Crippen LogP contribution < -0.4 is 9.62 Å². The van der Waals surface area contributed by atoms with Crippen molar-refractivity contribution in [2.45, 2.75) is 71.0 Å². The zero-order valence-corrected chi connectivity index (χ0v) is 27.6. The van der Waals surface area contributed by atoms with Crippen molar-refractivity contribution < 1.29 is 18.0 Å². The smallest absolute Gasteiger partial charge is 0.264 e. The Kier molecular flexibility index (Phi) is 11.2. The van der Waals surface area contributed by atoms with Crippen molar-refractivity contribution in [3.63, 3.8) is 0 Å². The zero-order chi connectivity index (χ0) is 32.6. The van der Waals surface area contributed by atoms with Crippen molar-refractivity contribution in [2.24, 2.45) is 0 Å². The molecule has 0 aliphatic carbocycles. The van der Waals surface area contributed by atoms with Crippen molar-refractivity contribution in [1.29, 1.82) is 0 Å². The van der Waals surface area contributed by atoms with Gasteiger partial charge in [-0.25, -0.2) is 8.42 Å². The highest BCUT2D eigenvalue weighted by Gasteiger charge is 2.35. The van der Waals surface area contributed by atoms with Crippen LogP contribution in [0.4, 0.5) is 5.69 Å². The maximum atomic E-state index is 14.6. The number of hydrogen-bond acceptors (Lipinski definition) is 4. The summed E-state index contributed by atoms with van der Waals surface area (Å²) in [7, 11) is -4.14. The van der Waals surface area contributed by atoms with Gasteiger partial charge in [0.1, 0.15) is 12.6 Å². The molecule has 1 N–H and O–H groups in total. The van der Waals surface area contributed by atoms with Gasteiger partial charge in [-0.05, 0) is 80.6 Å². The molecule has 0 radical (unpaired) electrons. The zero-order valence-electron chi connectivity index (χ0n) is 26.7. The van der Waals surface area contributed by atoms with Gasteiger partial charge in [0.2, 0.25) is 11.8 Å². The van der Waals surface area contributed by atoms with Crippen LogP contribution in [0.25, 0.3) is 0 Å². The first kappa shape index (κ1) is 33.5. The van der Waals surface area contributed by atoms with Crippen LogP contribution >= 0.6 is 0 Å². The maximum absolute atomic E-state index is 14.6. The second-order valence-corrected chi connectivity index (χ2v) is 13.5. The Bertz CT molecular complexity index is 1710. The summed E-state index contributed by atoms with van der Waals surface area (Å²) in [5.41, 5.74) is 4.90. The molecule has 0 fully saturated rings. The second-order valence-electron chi connectivity index (χ2n) is 11.6. The number of anilines is 1. The van der Waals surface area contributed by atoms with E-state index in [4.69, 9.17) is 0 Å². The molecule has 0 aliphatic rings. The monoisotopic (exact) mass is 625 g/mol. The molecule has 0 aromatic heterocycles. The van der Waals surface area contributed by atoms with Gasteiger partial charge in [0.05, 0.1) is 10.6 Å². The molecule has 4 rings (SSSR count). The van der Waals surface area contributed by atoms with Gasteiger partial charge < -0.3 is 10.2 Å². The second kappa shape index (κ2) is 15.0. The highest BCUT2D eigenvalue weighted by molar-refractivity contribution is 7.92. The van der Waals surface area contributed by atoms with Crippen LogP contribution in [-0.2, 0) is 32.6 Å². The molecule has 0 bridgehead atoms. The molecule has 8 heteroatoms. The van der Waals surface area contributed by atoms with Crippen molar-refractivity contribution in [2.75, 3.05) is 10.8 Å². The summed E-state index contributed by atoms with van der Waals surface area (Å²) >= 11 is 0. The van der Waals surface area contributed by atoms with Gasteiger partial charge in [-0.3, -0.25) is 13.9 Å². The van der Waals surface area contributed by atoms with E-state index in [2.05, 4.69) is 5.32 Å². The summed E-state index contributed by atoms with van der Waals surface area (Å²) in [5.74, 6) is -0.755. The van der Waals surface area contributed by atoms with Gasteiger partial charge in [0, 0.05) is 19.0 Å². The summed E-state index contributed by atoms with van der Waals surface area (Å²) in [4.78, 5) is 30.2. The minimum Gasteiger partial charge on any atom is -0.352 e. The standard InChI is InChI=1S/C37H43N3O4S/c1-6-30(5)38-37(42)35(24-31-15-8-7-9-16-31)39(25-32-17-11-10-14-29(32)4)36(41)26-40(33-18-12-13-28(3)23-33)45(43,44)34-21-19-27(2)20-22-34/h7-23,30,35H,6,24-26H2,1-5H3,(H,38,42)/t30-,35+/m0/s1. The molecule has 2 atom stereocenters. The van der Waals surface area contributed by atoms with Gasteiger partial charge in [-0.2, -0.15) is 0 Å². The lowest BCUT2D eigenvalue weighted by Crippen LogP contribution is -2.54. The van der Waals surface area contributed by atoms with E-state index in [0.717, 1.165) is 38.5 Å². The Morgan fingerprint density at radius 2 is 1.47 bits per heavy atom. The van der Waals surface area contributed by atoms with Crippen molar-refractivity contribution in [1.82, 2.24) is 10.2 Å². The molecule has 45 heavy (non-hydrogen) atoms. The third-order valence-corrected chi connectivity index (χ3v) is 9.84. The molecule has 0 saturated carbocycles. The van der Waals surface area contributed by atoms with Crippen LogP contribution in [0.15, 0.2) is 108 Å². The quantitative estimate of drug-likeness (QED) is 0.187. The fraction of sp³-hybridized carbons (Fsp3) is 0.297. The molecular formula is C37H43N3O4S. The number of amides is 2. The fourth-order valence-corrected chi connectivity index (χ4v) is 6.52. The number of benzene rings is 4. The molecular weight excluding hydrogens is 582 g/mol. The number of carbonyl (C=O) groups excluding carboxylic acids is 2. The first-order chi connectivity index (χ1) is 21.5. The Morgan fingerprint density at radius 3 is 2.11 bits per heavy atom. The minimum absolute atomic E-state index is 0.0863. The number of nitrogens with one attached hydrogen (secondary N) is 1. The molecule has 7 nitrogen and oxygen atoms in total. The first-order valence-electron chi connectivity index (χ1n) is 15.3. The van der Waals surface area contributed by atoms with E-state index in [9.17, 15) is 18.0 Å². The Labute approximate surface area is 268 Å². The maximum Gasteiger partial charge on any atom is 0.264 e. The average Bonchev–Trinajstić information content (AvgIpc) is 3.02. The molecule has 0 aliphatic heterocycles. The van der Waals surface area contributed by atoms with E-state index in [1.54, 1.807) is 47.4 Å². The molecule has 4 aromatic carbocycles. The molecule has 0 saturated heterocycles. The summed E-state index contributed by atoms with van der Waals surface area (Å²) in [6.45, 7) is 9.31. The minimum atomic E-state index is -4.14. The summed E-state index contributed by atoms with van der Waals surface area (Å²) < 4.78 is 29.5. The van der Waals surface area contributed by atoms with Gasteiger partial charge in [-0.1, -0.05) is 91.3 Å². The lowest BCUT2D eigenvalue weighted by molar-refractivity contribution is -0.140. The number of hydrogen-bond donors (Lipinski definition) is 1. The van der Waals surface area contributed by atoms with Gasteiger partial charge in [0.15, 0.2) is 0 Å². The van der Waals surface area contributed by atoms with Crippen LogP contribution in [0.5, 0.6) is 0 Å². The molecule has 0 spiro atoms. The average molecular weight is 626 g/mol. The SMILES string of the molecule is CC[C@H](C)NC(=O)[C@@H](Cc1ccccc1)N(Cc1ccccc1C)C(=O)CN(c1cccc(C)c1)S(=O)(=O)c1ccc(C)cc1. The summed E-state index contributed by atoms with van der Waals surface area (Å²) in [6.07, 6.45) is 1.00. The molecule has 4 aromatic rings. The Balaban J connectivity index is 1.82. The van der Waals surface area contributed by atoms with Crippen LogP contribution in [0.1, 0.15) is 48.1 Å². The first-order valence-corrected chi connectivity index (χ1v) is 16.8. The number of aryl methyl sites for hydroxylation is 3. The van der Waals surface area contributed by atoms with Crippen molar-refractivity contribution in [3.05, 3.63) is 131 Å². The van der Waals surface area contributed by atoms with E-state index < -0.39 is 28.5 Å². The van der Waals surface area contributed by atoms with E-state index >= 15 is 0 Å². The van der Waals surface area contributed by atoms with Gasteiger partial charge >= 0.3 is 0 Å². The normalized spacial score (nSPS) is 12.6. The van der Waals surface area contributed by atoms with E-state index in [0.29, 0.717) is 5.69 Å². The van der Waals surface area contributed by atoms with E-state index in [1.807, 2.05) is 95.3 Å². The molecule has 2 amide bonds. The fourth-order valence-electron chi connectivity index (χ4n) is 5.12. The molecule has 0 heterocycles. The summed E-state index contributed by atoms with van der Waals surface area (Å²) in [6, 6.07) is 30.0. The van der Waals surface area contributed by atoms with Gasteiger partial charge in [-0.15, -0.1) is 0 Å². The molecule has 236 valence electrons. The lowest BCUT2D eigenvalue weighted by Gasteiger charge is -2.34. The Hall–Kier alpha value is -4.43. The largest absolute Gasteiger partial charge is 0.352 e. The highest BCUT2D eigenvalue weighted by Crippen LogP contribution is 2.26. The van der Waals surface area contributed by atoms with E-state index in [1.165, 1.54) is 0 Å².